The number of carboxylic acid groups (broad SMARTS) is 1. The summed E-state index contributed by atoms with van der Waals surface area (Å²) >= 11 is 1.77. The minimum absolute atomic E-state index is 0.249. The third-order valence-electron chi connectivity index (χ3n) is 6.33. The number of aromatic nitrogens is 1. The zero-order chi connectivity index (χ0) is 28.2. The van der Waals surface area contributed by atoms with Crippen molar-refractivity contribution in [2.75, 3.05) is 25.1 Å². The second kappa shape index (κ2) is 15.5. The fourth-order valence-corrected chi connectivity index (χ4v) is 4.91. The van der Waals surface area contributed by atoms with Gasteiger partial charge in [0.25, 0.3) is 5.91 Å². The van der Waals surface area contributed by atoms with Gasteiger partial charge in [0.2, 0.25) is 0 Å². The highest BCUT2D eigenvalue weighted by Crippen LogP contribution is 2.30. The SMILES string of the molecule is CCCc1ncc(C(CSCC)OCc2ccc(C(=O)NC(CCNC)C(=O)O)c(-c3ccccc3C)c2)o1. The summed E-state index contributed by atoms with van der Waals surface area (Å²) in [4.78, 5) is 29.5. The number of carboxylic acids is 1. The smallest absolute Gasteiger partial charge is 0.326 e. The third-order valence-corrected chi connectivity index (χ3v) is 7.27. The number of nitrogens with one attached hydrogen (secondary N) is 2. The molecule has 0 aliphatic heterocycles. The molecule has 2 unspecified atom stereocenters. The van der Waals surface area contributed by atoms with Crippen molar-refractivity contribution in [3.05, 3.63) is 77.0 Å². The molecule has 0 saturated heterocycles. The number of benzene rings is 2. The molecule has 0 aliphatic carbocycles. The Morgan fingerprint density at radius 3 is 2.64 bits per heavy atom. The van der Waals surface area contributed by atoms with Crippen LogP contribution in [0.2, 0.25) is 0 Å². The first-order valence-corrected chi connectivity index (χ1v) is 14.5. The van der Waals surface area contributed by atoms with E-state index in [2.05, 4.69) is 29.5 Å². The molecular formula is C30H39N3O5S. The maximum atomic E-state index is 13.3. The van der Waals surface area contributed by atoms with Crippen molar-refractivity contribution in [2.24, 2.45) is 0 Å². The first kappa shape index (κ1) is 30.4. The summed E-state index contributed by atoms with van der Waals surface area (Å²) in [6.07, 6.45) is 3.53. The second-order valence-electron chi connectivity index (χ2n) is 9.32. The van der Waals surface area contributed by atoms with Crippen LogP contribution in [0.1, 0.15) is 65.9 Å². The molecule has 3 N–H and O–H groups in total. The van der Waals surface area contributed by atoms with Crippen LogP contribution in [0.4, 0.5) is 0 Å². The summed E-state index contributed by atoms with van der Waals surface area (Å²) < 4.78 is 12.3. The zero-order valence-corrected chi connectivity index (χ0v) is 24.0. The van der Waals surface area contributed by atoms with E-state index in [4.69, 9.17) is 9.15 Å². The van der Waals surface area contributed by atoms with Gasteiger partial charge in [-0.2, -0.15) is 11.8 Å². The quantitative estimate of drug-likeness (QED) is 0.216. The number of nitrogens with zero attached hydrogens (tertiary/aromatic N) is 1. The number of oxazole rings is 1. The number of carbonyl (C=O) groups is 2. The van der Waals surface area contributed by atoms with E-state index in [1.807, 2.05) is 43.3 Å². The Hall–Kier alpha value is -3.14. The van der Waals surface area contributed by atoms with Gasteiger partial charge in [-0.05, 0) is 73.5 Å². The number of ether oxygens (including phenoxy) is 1. The van der Waals surface area contributed by atoms with Gasteiger partial charge in [-0.15, -0.1) is 0 Å². The van der Waals surface area contributed by atoms with Gasteiger partial charge in [-0.3, -0.25) is 4.79 Å². The van der Waals surface area contributed by atoms with Crippen LogP contribution in [0.15, 0.2) is 53.1 Å². The first-order chi connectivity index (χ1) is 18.9. The van der Waals surface area contributed by atoms with Crippen LogP contribution >= 0.6 is 11.8 Å². The molecule has 0 fully saturated rings. The fourth-order valence-electron chi connectivity index (χ4n) is 4.20. The molecule has 1 amide bonds. The Bertz CT molecular complexity index is 1230. The molecule has 1 aromatic heterocycles. The number of hydrogen-bond acceptors (Lipinski definition) is 7. The van der Waals surface area contributed by atoms with Gasteiger partial charge >= 0.3 is 5.97 Å². The fraction of sp³-hybridized carbons (Fsp3) is 0.433. The zero-order valence-electron chi connectivity index (χ0n) is 23.2. The molecular weight excluding hydrogens is 514 g/mol. The van der Waals surface area contributed by atoms with Gasteiger partial charge in [-0.25, -0.2) is 9.78 Å². The monoisotopic (exact) mass is 553 g/mol. The van der Waals surface area contributed by atoms with Crippen molar-refractivity contribution in [1.29, 1.82) is 0 Å². The summed E-state index contributed by atoms with van der Waals surface area (Å²) in [6.45, 7) is 6.98. The summed E-state index contributed by atoms with van der Waals surface area (Å²) in [6, 6.07) is 12.4. The lowest BCUT2D eigenvalue weighted by atomic mass is 9.93. The molecule has 0 saturated carbocycles. The Morgan fingerprint density at radius 1 is 1.15 bits per heavy atom. The lowest BCUT2D eigenvalue weighted by Gasteiger charge is -2.19. The van der Waals surface area contributed by atoms with Crippen LogP contribution in [-0.4, -0.2) is 53.1 Å². The van der Waals surface area contributed by atoms with E-state index < -0.39 is 17.9 Å². The Morgan fingerprint density at radius 2 is 1.95 bits per heavy atom. The molecule has 1 heterocycles. The standard InChI is InChI=1S/C30H39N3O5S/c1-5-9-28-32-17-26(38-28)27(19-39-6-2)37-18-21-12-13-23(24(16-21)22-11-8-7-10-20(22)3)29(34)33-25(30(35)36)14-15-31-4/h7-8,10-13,16-17,25,27,31H,5-6,9,14-15,18-19H2,1-4H3,(H,33,34)(H,35,36). The molecule has 0 bridgehead atoms. The van der Waals surface area contributed by atoms with Crippen molar-refractivity contribution >= 4 is 23.6 Å². The predicted molar refractivity (Wildman–Crippen MR) is 155 cm³/mol. The maximum Gasteiger partial charge on any atom is 0.326 e. The van der Waals surface area contributed by atoms with Crippen molar-refractivity contribution in [1.82, 2.24) is 15.6 Å². The van der Waals surface area contributed by atoms with Crippen LogP contribution in [0, 0.1) is 6.92 Å². The minimum atomic E-state index is -1.06. The summed E-state index contributed by atoms with van der Waals surface area (Å²) in [5.41, 5.74) is 3.96. The number of carbonyl (C=O) groups excluding carboxylic acids is 1. The van der Waals surface area contributed by atoms with Crippen LogP contribution in [0.5, 0.6) is 0 Å². The van der Waals surface area contributed by atoms with Gasteiger partial charge in [0.1, 0.15) is 12.1 Å². The molecule has 3 aromatic rings. The first-order valence-electron chi connectivity index (χ1n) is 13.4. The lowest BCUT2D eigenvalue weighted by Crippen LogP contribution is -2.42. The van der Waals surface area contributed by atoms with Crippen molar-refractivity contribution in [2.45, 2.75) is 58.8 Å². The molecule has 39 heavy (non-hydrogen) atoms. The third kappa shape index (κ3) is 8.68. The largest absolute Gasteiger partial charge is 0.480 e. The van der Waals surface area contributed by atoms with Gasteiger partial charge < -0.3 is 24.9 Å². The molecule has 210 valence electrons. The molecule has 8 nitrogen and oxygen atoms in total. The average Bonchev–Trinajstić information content (AvgIpc) is 3.39. The highest BCUT2D eigenvalue weighted by Gasteiger charge is 2.23. The van der Waals surface area contributed by atoms with E-state index in [9.17, 15) is 14.7 Å². The van der Waals surface area contributed by atoms with E-state index in [-0.39, 0.29) is 12.5 Å². The number of rotatable bonds is 16. The van der Waals surface area contributed by atoms with Crippen LogP contribution in [-0.2, 0) is 22.6 Å². The van der Waals surface area contributed by atoms with E-state index in [0.717, 1.165) is 52.4 Å². The number of aryl methyl sites for hydroxylation is 2. The van der Waals surface area contributed by atoms with E-state index in [1.54, 1.807) is 31.1 Å². The molecule has 0 spiro atoms. The highest BCUT2D eigenvalue weighted by molar-refractivity contribution is 7.99. The molecule has 9 heteroatoms. The van der Waals surface area contributed by atoms with Crippen LogP contribution in [0.25, 0.3) is 11.1 Å². The van der Waals surface area contributed by atoms with E-state index in [1.165, 1.54) is 0 Å². The summed E-state index contributed by atoms with van der Waals surface area (Å²) in [5.74, 6) is 1.65. The summed E-state index contributed by atoms with van der Waals surface area (Å²) in [7, 11) is 1.75. The molecule has 0 radical (unpaired) electrons. The Labute approximate surface area is 234 Å². The van der Waals surface area contributed by atoms with Crippen molar-refractivity contribution in [3.8, 4) is 11.1 Å². The molecule has 2 atom stereocenters. The normalized spacial score (nSPS) is 12.7. The number of aliphatic carboxylic acids is 1. The number of amides is 1. The van der Waals surface area contributed by atoms with Crippen LogP contribution < -0.4 is 10.6 Å². The molecule has 3 rings (SSSR count). The lowest BCUT2D eigenvalue weighted by molar-refractivity contribution is -0.139. The van der Waals surface area contributed by atoms with Gasteiger partial charge in [-0.1, -0.05) is 44.2 Å². The molecule has 2 aromatic carbocycles. The topological polar surface area (TPSA) is 114 Å². The Balaban J connectivity index is 1.88. The van der Waals surface area contributed by atoms with Gasteiger partial charge in [0.15, 0.2) is 11.7 Å². The number of hydrogen-bond donors (Lipinski definition) is 3. The average molecular weight is 554 g/mol. The van der Waals surface area contributed by atoms with Crippen molar-refractivity contribution < 1.29 is 23.8 Å². The molecule has 0 aliphatic rings. The van der Waals surface area contributed by atoms with Gasteiger partial charge in [0.05, 0.1) is 12.8 Å². The van der Waals surface area contributed by atoms with Crippen molar-refractivity contribution in [3.63, 3.8) is 0 Å². The van der Waals surface area contributed by atoms with Crippen LogP contribution in [0.3, 0.4) is 0 Å². The predicted octanol–water partition coefficient (Wildman–Crippen LogP) is 5.41. The summed E-state index contributed by atoms with van der Waals surface area (Å²) in [5, 5.41) is 15.2. The highest BCUT2D eigenvalue weighted by atomic mass is 32.2. The number of thioether (sulfide) groups is 1. The minimum Gasteiger partial charge on any atom is -0.480 e. The van der Waals surface area contributed by atoms with E-state index >= 15 is 0 Å². The van der Waals surface area contributed by atoms with E-state index in [0.29, 0.717) is 24.6 Å². The maximum absolute atomic E-state index is 13.3. The second-order valence-corrected chi connectivity index (χ2v) is 10.6. The Kier molecular flexibility index (Phi) is 12.0. The van der Waals surface area contributed by atoms with Gasteiger partial charge in [0, 0.05) is 17.7 Å².